The molecule has 0 saturated heterocycles. The maximum Gasteiger partial charge on any atom is 0.511 e. The number of carboxylic acid groups (broad SMARTS) is 1. The molecule has 10 heteroatoms. The third kappa shape index (κ3) is 6.48. The van der Waals surface area contributed by atoms with E-state index >= 15 is 0 Å². The first kappa shape index (κ1) is 27.3. The lowest BCUT2D eigenvalue weighted by Crippen LogP contribution is -2.25. The molecular formula is C30H21Cl2N3O4S. The summed E-state index contributed by atoms with van der Waals surface area (Å²) in [4.78, 5) is 32.8. The van der Waals surface area contributed by atoms with Crippen LogP contribution in [0.4, 0.5) is 4.79 Å². The van der Waals surface area contributed by atoms with Crippen molar-refractivity contribution in [3.63, 3.8) is 0 Å². The first-order valence-corrected chi connectivity index (χ1v) is 13.7. The first-order valence-electron chi connectivity index (χ1n) is 12.1. The molecule has 7 nitrogen and oxygen atoms in total. The standard InChI is InChI=1S/C30H21Cl2N3O4S/c31-24-10-8-21(14-25(24)32)26-17-40-29(35-26)22-7-9-23(27(15-22)39-30(37)38)19-3-5-20(6-4-19)28(36)34-13-11-18-2-1-12-33-16-18/h1-10,12,14-17H,11,13H2,(H,34,36)(H,37,38). The second kappa shape index (κ2) is 12.3. The highest BCUT2D eigenvalue weighted by Gasteiger charge is 2.15. The molecule has 0 radical (unpaired) electrons. The summed E-state index contributed by atoms with van der Waals surface area (Å²) in [5.74, 6) is -0.0423. The molecule has 2 aromatic heterocycles. The van der Waals surface area contributed by atoms with Gasteiger partial charge in [-0.25, -0.2) is 9.78 Å². The van der Waals surface area contributed by atoms with Crippen molar-refractivity contribution < 1.29 is 19.4 Å². The highest BCUT2D eigenvalue weighted by Crippen LogP contribution is 2.37. The van der Waals surface area contributed by atoms with Crippen LogP contribution in [0.1, 0.15) is 15.9 Å². The van der Waals surface area contributed by atoms with Gasteiger partial charge in [-0.05, 0) is 60.0 Å². The number of nitrogens with one attached hydrogen (secondary N) is 1. The molecule has 5 aromatic rings. The number of amides is 1. The van der Waals surface area contributed by atoms with Gasteiger partial charge >= 0.3 is 6.16 Å². The Morgan fingerprint density at radius 2 is 1.70 bits per heavy atom. The summed E-state index contributed by atoms with van der Waals surface area (Å²) >= 11 is 13.6. The summed E-state index contributed by atoms with van der Waals surface area (Å²) in [6.45, 7) is 0.480. The van der Waals surface area contributed by atoms with Crippen LogP contribution in [0.15, 0.2) is 90.6 Å². The van der Waals surface area contributed by atoms with Gasteiger partial charge in [0.05, 0.1) is 15.7 Å². The predicted molar refractivity (Wildman–Crippen MR) is 157 cm³/mol. The highest BCUT2D eigenvalue weighted by atomic mass is 35.5. The van der Waals surface area contributed by atoms with Gasteiger partial charge in [0.2, 0.25) is 0 Å². The Bertz CT molecular complexity index is 1670. The number of nitrogens with zero attached hydrogens (tertiary/aromatic N) is 2. The zero-order valence-electron chi connectivity index (χ0n) is 20.8. The van der Waals surface area contributed by atoms with Gasteiger partial charge in [-0.15, -0.1) is 11.3 Å². The summed E-state index contributed by atoms with van der Waals surface area (Å²) in [6.07, 6.45) is 2.72. The Labute approximate surface area is 244 Å². The third-order valence-corrected chi connectivity index (χ3v) is 7.66. The molecular weight excluding hydrogens is 569 g/mol. The fraction of sp³-hybridized carbons (Fsp3) is 0.0667. The topological polar surface area (TPSA) is 101 Å². The third-order valence-electron chi connectivity index (χ3n) is 6.03. The summed E-state index contributed by atoms with van der Waals surface area (Å²) < 4.78 is 5.13. The molecule has 0 spiro atoms. The van der Waals surface area contributed by atoms with Crippen molar-refractivity contribution >= 4 is 46.6 Å². The molecule has 0 aliphatic heterocycles. The van der Waals surface area contributed by atoms with E-state index < -0.39 is 6.16 Å². The van der Waals surface area contributed by atoms with Gasteiger partial charge in [-0.1, -0.05) is 53.5 Å². The lowest BCUT2D eigenvalue weighted by Gasteiger charge is -2.11. The fourth-order valence-electron chi connectivity index (χ4n) is 4.04. The van der Waals surface area contributed by atoms with Crippen molar-refractivity contribution in [1.29, 1.82) is 0 Å². The van der Waals surface area contributed by atoms with Gasteiger partial charge in [-0.2, -0.15) is 0 Å². The van der Waals surface area contributed by atoms with E-state index in [9.17, 15) is 14.7 Å². The second-order valence-corrected chi connectivity index (χ2v) is 10.4. The van der Waals surface area contributed by atoms with Gasteiger partial charge in [0.25, 0.3) is 5.91 Å². The predicted octanol–water partition coefficient (Wildman–Crippen LogP) is 7.88. The molecule has 2 heterocycles. The quantitative estimate of drug-likeness (QED) is 0.141. The van der Waals surface area contributed by atoms with Crippen LogP contribution in [-0.2, 0) is 6.42 Å². The minimum Gasteiger partial charge on any atom is -0.449 e. The average molecular weight is 590 g/mol. The normalized spacial score (nSPS) is 10.8. The molecule has 3 aromatic carbocycles. The second-order valence-electron chi connectivity index (χ2n) is 8.69. The number of benzene rings is 3. The molecule has 0 aliphatic carbocycles. The van der Waals surface area contributed by atoms with E-state index in [4.69, 9.17) is 27.9 Å². The van der Waals surface area contributed by atoms with Crippen molar-refractivity contribution in [1.82, 2.24) is 15.3 Å². The maximum atomic E-state index is 12.6. The van der Waals surface area contributed by atoms with Gasteiger partial charge < -0.3 is 15.2 Å². The SMILES string of the molecule is O=C(O)Oc1cc(-c2nc(-c3ccc(Cl)c(Cl)c3)cs2)ccc1-c1ccc(C(=O)NCCc2cccnc2)cc1. The zero-order valence-corrected chi connectivity index (χ0v) is 23.1. The molecule has 0 fully saturated rings. The van der Waals surface area contributed by atoms with Crippen molar-refractivity contribution in [2.75, 3.05) is 6.54 Å². The number of pyridine rings is 1. The zero-order chi connectivity index (χ0) is 28.1. The Kier molecular flexibility index (Phi) is 8.40. The number of halogens is 2. The lowest BCUT2D eigenvalue weighted by molar-refractivity contribution is 0.0954. The van der Waals surface area contributed by atoms with E-state index in [0.29, 0.717) is 50.3 Å². The first-order chi connectivity index (χ1) is 19.4. The number of hydrogen-bond donors (Lipinski definition) is 2. The minimum absolute atomic E-state index is 0.157. The number of ether oxygens (including phenoxy) is 1. The number of hydrogen-bond acceptors (Lipinski definition) is 6. The number of carbonyl (C=O) groups excluding carboxylic acids is 1. The monoisotopic (exact) mass is 589 g/mol. The van der Waals surface area contributed by atoms with Gasteiger partial charge in [0.1, 0.15) is 10.8 Å². The van der Waals surface area contributed by atoms with Crippen LogP contribution in [0.2, 0.25) is 10.0 Å². The van der Waals surface area contributed by atoms with Gasteiger partial charge in [0, 0.05) is 46.6 Å². The van der Waals surface area contributed by atoms with E-state index in [-0.39, 0.29) is 11.7 Å². The summed E-state index contributed by atoms with van der Waals surface area (Å²) in [5.41, 5.74) is 5.03. The van der Waals surface area contributed by atoms with E-state index in [1.165, 1.54) is 11.3 Å². The Morgan fingerprint density at radius 3 is 2.42 bits per heavy atom. The van der Waals surface area contributed by atoms with Crippen LogP contribution >= 0.6 is 34.5 Å². The lowest BCUT2D eigenvalue weighted by atomic mass is 10.0. The molecule has 1 amide bonds. The molecule has 0 unspecified atom stereocenters. The molecule has 0 bridgehead atoms. The largest absolute Gasteiger partial charge is 0.511 e. The molecule has 0 aliphatic rings. The average Bonchev–Trinajstić information content (AvgIpc) is 3.45. The maximum absolute atomic E-state index is 12.6. The number of aromatic nitrogens is 2. The van der Waals surface area contributed by atoms with E-state index in [2.05, 4.69) is 15.3 Å². The van der Waals surface area contributed by atoms with Crippen molar-refractivity contribution in [2.24, 2.45) is 0 Å². The van der Waals surface area contributed by atoms with Crippen molar-refractivity contribution in [3.8, 4) is 38.7 Å². The molecule has 0 atom stereocenters. The Balaban J connectivity index is 1.34. The number of carbonyl (C=O) groups is 2. The number of thiazole rings is 1. The Morgan fingerprint density at radius 1 is 0.925 bits per heavy atom. The highest BCUT2D eigenvalue weighted by molar-refractivity contribution is 7.13. The van der Waals surface area contributed by atoms with Crippen LogP contribution in [0, 0.1) is 0 Å². The number of rotatable bonds is 8. The fourth-order valence-corrected chi connectivity index (χ4v) is 5.16. The van der Waals surface area contributed by atoms with Crippen molar-refractivity contribution in [2.45, 2.75) is 6.42 Å². The van der Waals surface area contributed by atoms with Crippen molar-refractivity contribution in [3.05, 3.63) is 112 Å². The van der Waals surface area contributed by atoms with E-state index in [1.807, 2.05) is 29.6 Å². The van der Waals surface area contributed by atoms with Crippen LogP contribution in [-0.4, -0.2) is 33.7 Å². The summed E-state index contributed by atoms with van der Waals surface area (Å²) in [5, 5.41) is 15.7. The van der Waals surface area contributed by atoms with Crippen LogP contribution in [0.5, 0.6) is 5.75 Å². The van der Waals surface area contributed by atoms with E-state index in [0.717, 1.165) is 16.8 Å². The summed E-state index contributed by atoms with van der Waals surface area (Å²) in [7, 11) is 0. The van der Waals surface area contributed by atoms with Crippen LogP contribution in [0.25, 0.3) is 33.0 Å². The van der Waals surface area contributed by atoms with Gasteiger partial charge in [-0.3, -0.25) is 9.78 Å². The molecule has 0 saturated carbocycles. The van der Waals surface area contributed by atoms with Crippen LogP contribution in [0.3, 0.4) is 0 Å². The smallest absolute Gasteiger partial charge is 0.449 e. The Hall–Kier alpha value is -4.24. The van der Waals surface area contributed by atoms with E-state index in [1.54, 1.807) is 60.9 Å². The molecule has 40 heavy (non-hydrogen) atoms. The minimum atomic E-state index is -1.43. The van der Waals surface area contributed by atoms with Gasteiger partial charge in [0.15, 0.2) is 0 Å². The molecule has 5 rings (SSSR count). The van der Waals surface area contributed by atoms with Crippen LogP contribution < -0.4 is 10.1 Å². The molecule has 200 valence electrons. The molecule has 2 N–H and O–H groups in total. The summed E-state index contributed by atoms with van der Waals surface area (Å²) in [6, 6.07) is 21.3.